The monoisotopic (exact) mass is 405 g/mol. The van der Waals surface area contributed by atoms with Gasteiger partial charge in [0, 0.05) is 37.8 Å². The van der Waals surface area contributed by atoms with Gasteiger partial charge in [-0.1, -0.05) is 12.1 Å². The maximum Gasteiger partial charge on any atom is 0.205 e. The van der Waals surface area contributed by atoms with Crippen LogP contribution in [-0.4, -0.2) is 34.7 Å². The van der Waals surface area contributed by atoms with Gasteiger partial charge in [-0.25, -0.2) is 0 Å². The van der Waals surface area contributed by atoms with Crippen molar-refractivity contribution in [3.05, 3.63) is 41.3 Å². The summed E-state index contributed by atoms with van der Waals surface area (Å²) in [5, 5.41) is 13.0. The molecule has 1 aromatic heterocycles. The van der Waals surface area contributed by atoms with Crippen molar-refractivity contribution in [3.63, 3.8) is 0 Å². The molecule has 3 rings (SSSR count). The predicted octanol–water partition coefficient (Wildman–Crippen LogP) is 1.22. The molecule has 160 valence electrons. The molecule has 9 heteroatoms. The van der Waals surface area contributed by atoms with Crippen LogP contribution < -0.4 is 25.4 Å². The molecule has 1 aliphatic rings. The quantitative estimate of drug-likeness (QED) is 0.380. The molecule has 9 nitrogen and oxygen atoms in total. The third kappa shape index (κ3) is 4.91. The molecule has 29 heavy (non-hydrogen) atoms. The zero-order valence-corrected chi connectivity index (χ0v) is 18.3. The molecule has 0 atom stereocenters. The van der Waals surface area contributed by atoms with Crippen molar-refractivity contribution in [1.82, 2.24) is 21.2 Å². The number of anilines is 1. The summed E-state index contributed by atoms with van der Waals surface area (Å²) in [6.07, 6.45) is 0.949. The first-order valence-electron chi connectivity index (χ1n) is 10.1. The number of nitrogen functional groups attached to an aromatic ring is 1. The van der Waals surface area contributed by atoms with Crippen LogP contribution in [0.1, 0.15) is 47.1 Å². The normalized spacial score (nSPS) is 23.8. The predicted molar refractivity (Wildman–Crippen MR) is 109 cm³/mol. The molecule has 2 aromatic rings. The number of nitrogens with two attached hydrogens (primary N) is 1. The van der Waals surface area contributed by atoms with E-state index in [1.807, 2.05) is 26.0 Å². The van der Waals surface area contributed by atoms with Gasteiger partial charge < -0.3 is 16.4 Å². The molecule has 6 N–H and O–H groups in total. The van der Waals surface area contributed by atoms with Crippen molar-refractivity contribution in [2.75, 3.05) is 18.8 Å². The first-order chi connectivity index (χ1) is 13.6. The van der Waals surface area contributed by atoms with Crippen LogP contribution in [0.15, 0.2) is 33.5 Å². The lowest BCUT2D eigenvalue weighted by atomic mass is 9.93. The number of H-pyrrole nitrogens is 2. The molecule has 0 spiro atoms. The van der Waals surface area contributed by atoms with E-state index in [-0.39, 0.29) is 11.1 Å². The van der Waals surface area contributed by atoms with Crippen LogP contribution in [-0.2, 0) is 6.42 Å². The molecule has 2 bridgehead atoms. The van der Waals surface area contributed by atoms with Crippen molar-refractivity contribution < 1.29 is 18.3 Å². The maximum absolute atomic E-state index is 5.85. The second kappa shape index (κ2) is 8.08. The maximum atomic E-state index is 5.85. The van der Waals surface area contributed by atoms with Crippen LogP contribution in [0, 0.1) is 17.3 Å². The van der Waals surface area contributed by atoms with E-state index in [9.17, 15) is 0 Å². The SMILES string of the molecule is C/C1=[n+]2/[nH]/[n+](o[nH]o2)=C(/C)C(C)(C)NCC(Cc2ccc(N)cc2)CNC1(C)C. The number of nitrogens with one attached hydrogen (secondary N) is 4. The summed E-state index contributed by atoms with van der Waals surface area (Å²) in [7, 11) is 0. The topological polar surface area (TPSA) is 120 Å². The summed E-state index contributed by atoms with van der Waals surface area (Å²) in [5.74, 6) is 0.384. The van der Waals surface area contributed by atoms with E-state index >= 15 is 0 Å². The summed E-state index contributed by atoms with van der Waals surface area (Å²) < 4.78 is 14.0. The molecule has 1 aliphatic heterocycles. The lowest BCUT2D eigenvalue weighted by Crippen LogP contribution is -2.56. The van der Waals surface area contributed by atoms with E-state index < -0.39 is 0 Å². The third-order valence-electron chi connectivity index (χ3n) is 6.03. The molecule has 0 radical (unpaired) electrons. The summed E-state index contributed by atoms with van der Waals surface area (Å²) in [5.41, 5.74) is 9.23. The van der Waals surface area contributed by atoms with Gasteiger partial charge in [0.15, 0.2) is 5.33 Å². The van der Waals surface area contributed by atoms with Crippen LogP contribution in [0.5, 0.6) is 0 Å². The zero-order chi connectivity index (χ0) is 21.2. The van der Waals surface area contributed by atoms with Crippen molar-refractivity contribution in [3.8, 4) is 0 Å². The highest BCUT2D eigenvalue weighted by molar-refractivity contribution is 5.39. The molecule has 0 saturated heterocycles. The Kier molecular flexibility index (Phi) is 5.90. The van der Waals surface area contributed by atoms with Crippen LogP contribution in [0.25, 0.3) is 0 Å². The van der Waals surface area contributed by atoms with Gasteiger partial charge >= 0.3 is 0 Å². The molecule has 2 heterocycles. The Labute approximate surface area is 170 Å². The smallest absolute Gasteiger partial charge is 0.205 e. The molecule has 0 saturated carbocycles. The van der Waals surface area contributed by atoms with Gasteiger partial charge in [-0.15, -0.1) is 0 Å². The van der Waals surface area contributed by atoms with Crippen LogP contribution in [0.3, 0.4) is 0 Å². The minimum atomic E-state index is -0.306. The minimum Gasteiger partial charge on any atom is -0.399 e. The molecule has 0 unspecified atom stereocenters. The lowest BCUT2D eigenvalue weighted by molar-refractivity contribution is -0.969. The van der Waals surface area contributed by atoms with Crippen molar-refractivity contribution in [2.45, 2.75) is 59.0 Å². The van der Waals surface area contributed by atoms with Crippen LogP contribution in [0.4, 0.5) is 5.69 Å². The Hall–Kier alpha value is -2.52. The largest absolute Gasteiger partial charge is 0.399 e. The average Bonchev–Trinajstić information content (AvgIpc) is 2.70. The van der Waals surface area contributed by atoms with Crippen LogP contribution in [0.2, 0.25) is 0 Å². The summed E-state index contributed by atoms with van der Waals surface area (Å²) in [6, 6.07) is 8.14. The highest BCUT2D eigenvalue weighted by atomic mass is 16.8. The summed E-state index contributed by atoms with van der Waals surface area (Å²) in [4.78, 5) is 0. The van der Waals surface area contributed by atoms with Gasteiger partial charge in [-0.2, -0.15) is 0 Å². The Balaban J connectivity index is 2.01. The number of benzene rings is 1. The first kappa shape index (κ1) is 21.2. The third-order valence-corrected chi connectivity index (χ3v) is 6.03. The molecule has 0 aliphatic carbocycles. The highest BCUT2D eigenvalue weighted by Gasteiger charge is 2.32. The van der Waals surface area contributed by atoms with Crippen molar-refractivity contribution in [2.24, 2.45) is 5.92 Å². The van der Waals surface area contributed by atoms with Gasteiger partial charge in [0.1, 0.15) is 9.06 Å². The van der Waals surface area contributed by atoms with Gasteiger partial charge in [-0.3, -0.25) is 0 Å². The Morgan fingerprint density at radius 2 is 1.41 bits per heavy atom. The second-order valence-electron chi connectivity index (χ2n) is 8.95. The number of nitrogens with zero attached hydrogens (tertiary/aromatic N) is 2. The van der Waals surface area contributed by atoms with Gasteiger partial charge in [0.25, 0.3) is 0 Å². The van der Waals surface area contributed by atoms with E-state index in [2.05, 4.69) is 61.0 Å². The molecular formula is C20H35N7O2+2. The lowest BCUT2D eigenvalue weighted by Gasteiger charge is -2.30. The molecule has 0 amide bonds. The number of aromatic amines is 2. The summed E-state index contributed by atoms with van der Waals surface area (Å²) >= 11 is 0. The van der Waals surface area contributed by atoms with E-state index in [4.69, 9.17) is 15.0 Å². The number of hydrogen-bond acceptors (Lipinski definition) is 5. The number of hydrogen-bond donors (Lipinski definition) is 5. The van der Waals surface area contributed by atoms with E-state index in [1.54, 1.807) is 9.06 Å². The Morgan fingerprint density at radius 1 is 0.931 bits per heavy atom. The fourth-order valence-electron chi connectivity index (χ4n) is 3.27. The number of aromatic nitrogens is 4. The summed E-state index contributed by atoms with van der Waals surface area (Å²) in [6.45, 7) is 14.3. The van der Waals surface area contributed by atoms with E-state index in [1.165, 1.54) is 5.56 Å². The Bertz CT molecular complexity index is 933. The fraction of sp³-hybridized carbons (Fsp3) is 0.600. The first-order valence-corrected chi connectivity index (χ1v) is 10.1. The van der Waals surface area contributed by atoms with Crippen molar-refractivity contribution >= 4 is 5.69 Å². The minimum absolute atomic E-state index is 0.306. The van der Waals surface area contributed by atoms with Crippen molar-refractivity contribution in [1.29, 1.82) is 0 Å². The highest BCUT2D eigenvalue weighted by Crippen LogP contribution is 2.17. The Morgan fingerprint density at radius 3 is 1.90 bits per heavy atom. The number of rotatable bonds is 2. The second-order valence-corrected chi connectivity index (χ2v) is 8.95. The van der Waals surface area contributed by atoms with Gasteiger partial charge in [-0.05, 0) is 67.0 Å². The van der Waals surface area contributed by atoms with Gasteiger partial charge in [0.2, 0.25) is 11.4 Å². The molecule has 1 aromatic carbocycles. The zero-order valence-electron chi connectivity index (χ0n) is 18.3. The molecule has 0 fully saturated rings. The number of fused-ring (bicyclic) bond motifs is 2. The van der Waals surface area contributed by atoms with E-state index in [0.717, 1.165) is 36.6 Å². The van der Waals surface area contributed by atoms with Gasteiger partial charge in [0.05, 0.1) is 11.1 Å². The van der Waals surface area contributed by atoms with Crippen LogP contribution >= 0.6 is 0 Å². The standard InChI is InChI=1S/C20H35N7O2/c1-14-19(3,4)22-12-17(11-16-7-9-18(21)10-8-16)13-23-20(5,6)15(2)27-24-26(14)28-25-29-27/h7-10,17,22-25H,11-13,21H2,1-6H3/q+2/b26-14+,27-15+. The van der Waals surface area contributed by atoms with E-state index in [0.29, 0.717) is 5.92 Å². The average molecular weight is 406 g/mol. The molecular weight excluding hydrogens is 370 g/mol. The fourth-order valence-corrected chi connectivity index (χ4v) is 3.27.